The van der Waals surface area contributed by atoms with E-state index in [1.807, 2.05) is 0 Å². The largest absolute Gasteiger partial charge is 0.493 e. The van der Waals surface area contributed by atoms with E-state index >= 15 is 0 Å². The van der Waals surface area contributed by atoms with E-state index in [2.05, 4.69) is 0 Å². The van der Waals surface area contributed by atoms with Gasteiger partial charge in [-0.2, -0.15) is 0 Å². The molecule has 0 unspecified atom stereocenters. The molecule has 1 saturated heterocycles. The van der Waals surface area contributed by atoms with Crippen LogP contribution in [0.2, 0.25) is 5.02 Å². The Morgan fingerprint density at radius 3 is 2.66 bits per heavy atom. The Hall–Kier alpha value is -4.22. The standard InChI is InChI=1S/C26H19ClN2O8S/c1-34-21-8-15(5-6-20(21)35-13-16-3-2-4-18(7-16)29(32)33)9-24-25(30)28(26(31)38-24)12-17-10-22-23(11-19(17)27)37-14-36-22/h2-11H,12-14H2,1H3/b24-9-. The van der Waals surface area contributed by atoms with Gasteiger partial charge in [-0.15, -0.1) is 0 Å². The number of nitro benzene ring substituents is 1. The van der Waals surface area contributed by atoms with Crippen LogP contribution in [0.25, 0.3) is 6.08 Å². The average Bonchev–Trinajstić information content (AvgIpc) is 3.47. The van der Waals surface area contributed by atoms with Crippen LogP contribution in [0.1, 0.15) is 16.7 Å². The van der Waals surface area contributed by atoms with Crippen LogP contribution < -0.4 is 18.9 Å². The van der Waals surface area contributed by atoms with Gasteiger partial charge in [0.15, 0.2) is 23.0 Å². The van der Waals surface area contributed by atoms with Crippen LogP contribution in [0.15, 0.2) is 59.5 Å². The molecule has 0 radical (unpaired) electrons. The molecule has 10 nitrogen and oxygen atoms in total. The first kappa shape index (κ1) is 25.4. The summed E-state index contributed by atoms with van der Waals surface area (Å²) in [4.78, 5) is 37.6. The Balaban J connectivity index is 1.30. The van der Waals surface area contributed by atoms with Gasteiger partial charge in [0, 0.05) is 23.2 Å². The maximum Gasteiger partial charge on any atom is 0.293 e. The zero-order valence-electron chi connectivity index (χ0n) is 19.8. The van der Waals surface area contributed by atoms with Crippen molar-refractivity contribution in [2.45, 2.75) is 13.2 Å². The van der Waals surface area contributed by atoms with Crippen molar-refractivity contribution in [3.63, 3.8) is 0 Å². The highest BCUT2D eigenvalue weighted by molar-refractivity contribution is 8.18. The van der Waals surface area contributed by atoms with Gasteiger partial charge in [-0.1, -0.05) is 29.8 Å². The van der Waals surface area contributed by atoms with E-state index < -0.39 is 16.1 Å². The zero-order valence-corrected chi connectivity index (χ0v) is 21.4. The Morgan fingerprint density at radius 2 is 1.89 bits per heavy atom. The predicted molar refractivity (Wildman–Crippen MR) is 140 cm³/mol. The van der Waals surface area contributed by atoms with Crippen LogP contribution in [0.4, 0.5) is 10.5 Å². The second-order valence-electron chi connectivity index (χ2n) is 8.19. The molecule has 0 saturated carbocycles. The molecule has 0 atom stereocenters. The van der Waals surface area contributed by atoms with Crippen LogP contribution in [-0.4, -0.2) is 34.9 Å². The second kappa shape index (κ2) is 10.6. The number of hydrogen-bond donors (Lipinski definition) is 0. The number of methoxy groups -OCH3 is 1. The molecule has 194 valence electrons. The highest BCUT2D eigenvalue weighted by Gasteiger charge is 2.35. The minimum atomic E-state index is -0.468. The first-order valence-electron chi connectivity index (χ1n) is 11.2. The summed E-state index contributed by atoms with van der Waals surface area (Å²) in [6.45, 7) is 0.172. The summed E-state index contributed by atoms with van der Waals surface area (Å²) in [5.74, 6) is 1.39. The minimum Gasteiger partial charge on any atom is -0.493 e. The number of non-ortho nitro benzene ring substituents is 1. The summed E-state index contributed by atoms with van der Waals surface area (Å²) in [5.41, 5.74) is 1.78. The predicted octanol–water partition coefficient (Wildman–Crippen LogP) is 5.80. The molecule has 0 N–H and O–H groups in total. The third-order valence-corrected chi connectivity index (χ3v) is 7.00. The maximum atomic E-state index is 13.0. The van der Waals surface area contributed by atoms with Gasteiger partial charge in [0.2, 0.25) is 6.79 Å². The molecule has 38 heavy (non-hydrogen) atoms. The fourth-order valence-electron chi connectivity index (χ4n) is 3.85. The van der Waals surface area contributed by atoms with Gasteiger partial charge in [0.25, 0.3) is 16.8 Å². The number of amides is 2. The molecule has 2 amide bonds. The molecule has 1 fully saturated rings. The number of imide groups is 1. The van der Waals surface area contributed by atoms with E-state index in [1.54, 1.807) is 48.5 Å². The lowest BCUT2D eigenvalue weighted by molar-refractivity contribution is -0.384. The molecule has 3 aromatic carbocycles. The quantitative estimate of drug-likeness (QED) is 0.193. The normalized spacial score (nSPS) is 15.3. The molecule has 12 heteroatoms. The number of carbonyl (C=O) groups excluding carboxylic acids is 2. The first-order chi connectivity index (χ1) is 18.3. The fourth-order valence-corrected chi connectivity index (χ4v) is 4.90. The van der Waals surface area contributed by atoms with Gasteiger partial charge >= 0.3 is 0 Å². The summed E-state index contributed by atoms with van der Waals surface area (Å²) < 4.78 is 21.9. The number of rotatable bonds is 8. The fraction of sp³-hybridized carbons (Fsp3) is 0.154. The van der Waals surface area contributed by atoms with Crippen molar-refractivity contribution < 1.29 is 33.5 Å². The van der Waals surface area contributed by atoms with Crippen molar-refractivity contribution in [2.75, 3.05) is 13.9 Å². The molecule has 0 bridgehead atoms. The van der Waals surface area contributed by atoms with Crippen LogP contribution in [-0.2, 0) is 17.9 Å². The lowest BCUT2D eigenvalue weighted by Gasteiger charge is -2.14. The summed E-state index contributed by atoms with van der Waals surface area (Å²) in [5, 5.41) is 10.9. The molecular weight excluding hydrogens is 536 g/mol. The Kier molecular flexibility index (Phi) is 7.12. The van der Waals surface area contributed by atoms with Gasteiger partial charge < -0.3 is 18.9 Å². The summed E-state index contributed by atoms with van der Waals surface area (Å²) in [6, 6.07) is 14.5. The minimum absolute atomic E-state index is 0.00870. The lowest BCUT2D eigenvalue weighted by atomic mass is 10.1. The number of nitrogens with zero attached hydrogens (tertiary/aromatic N) is 2. The second-order valence-corrected chi connectivity index (χ2v) is 9.59. The number of hydrogen-bond acceptors (Lipinski definition) is 9. The molecule has 0 aromatic heterocycles. The van der Waals surface area contributed by atoms with Crippen LogP contribution in [0.5, 0.6) is 23.0 Å². The Bertz CT molecular complexity index is 1490. The summed E-state index contributed by atoms with van der Waals surface area (Å²) in [6.07, 6.45) is 1.60. The van der Waals surface area contributed by atoms with Crippen LogP contribution >= 0.6 is 23.4 Å². The van der Waals surface area contributed by atoms with E-state index in [0.717, 1.165) is 16.7 Å². The van der Waals surface area contributed by atoms with Gasteiger partial charge in [0.1, 0.15) is 6.61 Å². The van der Waals surface area contributed by atoms with E-state index in [9.17, 15) is 19.7 Å². The molecule has 3 aromatic rings. The Labute approximate surface area is 225 Å². The van der Waals surface area contributed by atoms with Crippen molar-refractivity contribution in [3.8, 4) is 23.0 Å². The lowest BCUT2D eigenvalue weighted by Crippen LogP contribution is -2.27. The number of ether oxygens (including phenoxy) is 4. The molecule has 2 aliphatic rings. The smallest absolute Gasteiger partial charge is 0.293 e. The van der Waals surface area contributed by atoms with E-state index in [0.29, 0.717) is 44.7 Å². The van der Waals surface area contributed by atoms with Gasteiger partial charge in [0.05, 0.1) is 23.5 Å². The molecule has 0 aliphatic carbocycles. The van der Waals surface area contributed by atoms with Gasteiger partial charge in [-0.05, 0) is 52.7 Å². The summed E-state index contributed by atoms with van der Waals surface area (Å²) >= 11 is 7.15. The number of benzene rings is 3. The van der Waals surface area contributed by atoms with E-state index in [-0.39, 0.29) is 30.5 Å². The number of carbonyl (C=O) groups is 2. The van der Waals surface area contributed by atoms with Crippen LogP contribution in [0.3, 0.4) is 0 Å². The zero-order chi connectivity index (χ0) is 26.8. The van der Waals surface area contributed by atoms with Gasteiger partial charge in [-0.25, -0.2) is 0 Å². The van der Waals surface area contributed by atoms with E-state index in [1.165, 1.54) is 19.2 Å². The average molecular weight is 555 g/mol. The third-order valence-electron chi connectivity index (χ3n) is 5.74. The van der Waals surface area contributed by atoms with Crippen molar-refractivity contribution in [1.82, 2.24) is 4.90 Å². The highest BCUT2D eigenvalue weighted by Crippen LogP contribution is 2.40. The topological polar surface area (TPSA) is 117 Å². The van der Waals surface area contributed by atoms with Crippen molar-refractivity contribution in [2.24, 2.45) is 0 Å². The molecule has 5 rings (SSSR count). The van der Waals surface area contributed by atoms with E-state index in [4.69, 9.17) is 30.5 Å². The number of halogens is 1. The molecular formula is C26H19ClN2O8S. The Morgan fingerprint density at radius 1 is 1.11 bits per heavy atom. The van der Waals surface area contributed by atoms with Crippen molar-refractivity contribution in [1.29, 1.82) is 0 Å². The molecule has 2 heterocycles. The summed E-state index contributed by atoms with van der Waals surface area (Å²) in [7, 11) is 1.47. The number of fused-ring (bicyclic) bond motifs is 1. The number of nitro groups is 1. The number of thioether (sulfide) groups is 1. The molecule has 2 aliphatic heterocycles. The first-order valence-corrected chi connectivity index (χ1v) is 12.4. The third kappa shape index (κ3) is 5.24. The van der Waals surface area contributed by atoms with Gasteiger partial charge in [-0.3, -0.25) is 24.6 Å². The highest BCUT2D eigenvalue weighted by atomic mass is 35.5. The van der Waals surface area contributed by atoms with Crippen molar-refractivity contribution in [3.05, 3.63) is 91.3 Å². The molecule has 0 spiro atoms. The van der Waals surface area contributed by atoms with Crippen molar-refractivity contribution >= 4 is 46.3 Å². The monoisotopic (exact) mass is 554 g/mol. The maximum absolute atomic E-state index is 13.0. The van der Waals surface area contributed by atoms with Crippen LogP contribution in [0, 0.1) is 10.1 Å². The SMILES string of the molecule is COc1cc(/C=C2\SC(=O)N(Cc3cc4c(cc3Cl)OCO4)C2=O)ccc1OCc1cccc([N+](=O)[O-])c1.